The van der Waals surface area contributed by atoms with Crippen LogP contribution in [0, 0.1) is 5.82 Å². The maximum atomic E-state index is 13.7. The van der Waals surface area contributed by atoms with Crippen molar-refractivity contribution in [1.82, 2.24) is 4.90 Å². The van der Waals surface area contributed by atoms with E-state index in [1.807, 2.05) is 6.07 Å². The molecule has 0 saturated heterocycles. The molecule has 2 unspecified atom stereocenters. The molecule has 0 saturated carbocycles. The first-order valence-electron chi connectivity index (χ1n) is 9.77. The fourth-order valence-electron chi connectivity index (χ4n) is 4.18. The Morgan fingerprint density at radius 3 is 2.86 bits per heavy atom. The molecule has 0 radical (unpaired) electrons. The van der Waals surface area contributed by atoms with Gasteiger partial charge in [-0.3, -0.25) is 4.79 Å². The van der Waals surface area contributed by atoms with E-state index in [4.69, 9.17) is 9.84 Å². The number of rotatable bonds is 7. The van der Waals surface area contributed by atoms with Crippen LogP contribution < -0.4 is 5.32 Å². The monoisotopic (exact) mass is 384 g/mol. The zero-order valence-corrected chi connectivity index (χ0v) is 16.0. The number of carbonyl (C=O) groups excluding carboxylic acids is 1. The fourth-order valence-corrected chi connectivity index (χ4v) is 4.18. The predicted molar refractivity (Wildman–Crippen MR) is 105 cm³/mol. The number of likely N-dealkylation sites (N-methyl/N-ethyl adjacent to an activating group) is 1. The van der Waals surface area contributed by atoms with Crippen LogP contribution >= 0.6 is 0 Å². The van der Waals surface area contributed by atoms with Crippen LogP contribution in [0.1, 0.15) is 41.2 Å². The van der Waals surface area contributed by atoms with Crippen molar-refractivity contribution < 1.29 is 19.0 Å². The number of nitrogens with zero attached hydrogens (tertiary/aromatic N) is 1. The van der Waals surface area contributed by atoms with E-state index < -0.39 is 12.0 Å². The van der Waals surface area contributed by atoms with Gasteiger partial charge < -0.3 is 20.1 Å². The average Bonchev–Trinajstić information content (AvgIpc) is 3.24. The van der Waals surface area contributed by atoms with E-state index in [1.165, 1.54) is 17.7 Å². The SMILES string of the molecule is CCN(CCO)CCc1ccc2c(c1)COC2C1C(=O)Nc2ccc(F)cc21. The number of fused-ring (bicyclic) bond motifs is 2. The summed E-state index contributed by atoms with van der Waals surface area (Å²) in [6.45, 7) is 5.18. The molecule has 0 aliphatic carbocycles. The standard InChI is InChI=1S/C22H25FN2O3/c1-2-25(9-10-26)8-7-14-3-5-17-15(11-14)13-28-21(17)20-18-12-16(23)4-6-19(18)24-22(20)27/h3-6,11-12,20-21,26H,2,7-10,13H2,1H3,(H,24,27). The lowest BCUT2D eigenvalue weighted by molar-refractivity contribution is -0.120. The number of ether oxygens (including phenoxy) is 1. The summed E-state index contributed by atoms with van der Waals surface area (Å²) < 4.78 is 19.7. The Kier molecular flexibility index (Phi) is 5.44. The third kappa shape index (κ3) is 3.55. The van der Waals surface area contributed by atoms with Crippen LogP contribution in [-0.2, 0) is 22.6 Å². The second kappa shape index (κ2) is 7.99. The lowest BCUT2D eigenvalue weighted by Crippen LogP contribution is -2.28. The summed E-state index contributed by atoms with van der Waals surface area (Å²) in [5.74, 6) is -1.03. The van der Waals surface area contributed by atoms with Crippen LogP contribution in [0.15, 0.2) is 36.4 Å². The summed E-state index contributed by atoms with van der Waals surface area (Å²) in [5.41, 5.74) is 4.62. The molecule has 2 N–H and O–H groups in total. The summed E-state index contributed by atoms with van der Waals surface area (Å²) in [7, 11) is 0. The first-order chi connectivity index (χ1) is 13.6. The third-order valence-corrected chi connectivity index (χ3v) is 5.70. The van der Waals surface area contributed by atoms with E-state index in [9.17, 15) is 9.18 Å². The minimum Gasteiger partial charge on any atom is -0.395 e. The summed E-state index contributed by atoms with van der Waals surface area (Å²) >= 11 is 0. The van der Waals surface area contributed by atoms with Gasteiger partial charge >= 0.3 is 0 Å². The topological polar surface area (TPSA) is 61.8 Å². The van der Waals surface area contributed by atoms with Crippen LogP contribution in [0.5, 0.6) is 0 Å². The molecule has 1 amide bonds. The van der Waals surface area contributed by atoms with Crippen LogP contribution in [-0.4, -0.2) is 42.2 Å². The largest absolute Gasteiger partial charge is 0.395 e. The maximum absolute atomic E-state index is 13.7. The molecule has 2 atom stereocenters. The second-order valence-electron chi connectivity index (χ2n) is 7.37. The number of aliphatic hydroxyl groups excluding tert-OH is 1. The molecule has 2 heterocycles. The highest BCUT2D eigenvalue weighted by Gasteiger charge is 2.41. The van der Waals surface area contributed by atoms with Crippen molar-refractivity contribution in [2.45, 2.75) is 32.0 Å². The van der Waals surface area contributed by atoms with E-state index in [2.05, 4.69) is 29.3 Å². The first-order valence-corrected chi connectivity index (χ1v) is 9.77. The van der Waals surface area contributed by atoms with Gasteiger partial charge in [0.05, 0.1) is 25.2 Å². The number of amides is 1. The van der Waals surface area contributed by atoms with Gasteiger partial charge in [0, 0.05) is 18.8 Å². The number of halogens is 1. The molecule has 2 aliphatic heterocycles. The quantitative estimate of drug-likeness (QED) is 0.771. The Labute approximate surface area is 164 Å². The number of hydrogen-bond donors (Lipinski definition) is 2. The Morgan fingerprint density at radius 1 is 1.21 bits per heavy atom. The van der Waals surface area contributed by atoms with Gasteiger partial charge in [0.15, 0.2) is 0 Å². The highest BCUT2D eigenvalue weighted by Crippen LogP contribution is 2.46. The Morgan fingerprint density at radius 2 is 2.07 bits per heavy atom. The number of nitrogens with one attached hydrogen (secondary N) is 1. The van der Waals surface area contributed by atoms with E-state index in [0.29, 0.717) is 24.4 Å². The van der Waals surface area contributed by atoms with E-state index in [1.54, 1.807) is 6.07 Å². The van der Waals surface area contributed by atoms with Crippen LogP contribution in [0.4, 0.5) is 10.1 Å². The molecule has 2 aliphatic rings. The molecule has 2 aromatic carbocycles. The van der Waals surface area contributed by atoms with Gasteiger partial charge in [-0.05, 0) is 53.4 Å². The van der Waals surface area contributed by atoms with Crippen LogP contribution in [0.2, 0.25) is 0 Å². The van der Waals surface area contributed by atoms with Gasteiger partial charge in [-0.15, -0.1) is 0 Å². The Bertz CT molecular complexity index is 886. The molecule has 0 fully saturated rings. The van der Waals surface area contributed by atoms with Gasteiger partial charge in [0.2, 0.25) is 5.91 Å². The maximum Gasteiger partial charge on any atom is 0.235 e. The molecule has 6 heteroatoms. The molecular formula is C22H25FN2O3. The van der Waals surface area contributed by atoms with Gasteiger partial charge in [0.1, 0.15) is 5.82 Å². The fraction of sp³-hybridized carbons (Fsp3) is 0.409. The minimum absolute atomic E-state index is 0.148. The zero-order chi connectivity index (χ0) is 19.7. The Balaban J connectivity index is 1.53. The molecule has 148 valence electrons. The number of aliphatic hydroxyl groups is 1. The van der Waals surface area contributed by atoms with Gasteiger partial charge in [0.25, 0.3) is 0 Å². The zero-order valence-electron chi connectivity index (χ0n) is 16.0. The van der Waals surface area contributed by atoms with Gasteiger partial charge in [-0.25, -0.2) is 4.39 Å². The summed E-state index contributed by atoms with van der Waals surface area (Å²) in [4.78, 5) is 14.7. The molecule has 2 aromatic rings. The predicted octanol–water partition coefficient (Wildman–Crippen LogP) is 2.99. The van der Waals surface area contributed by atoms with Gasteiger partial charge in [-0.1, -0.05) is 25.1 Å². The lowest BCUT2D eigenvalue weighted by atomic mass is 9.89. The lowest BCUT2D eigenvalue weighted by Gasteiger charge is -2.19. The van der Waals surface area contributed by atoms with Crippen molar-refractivity contribution in [2.75, 3.05) is 31.6 Å². The van der Waals surface area contributed by atoms with E-state index >= 15 is 0 Å². The summed E-state index contributed by atoms with van der Waals surface area (Å²) in [6, 6.07) is 10.6. The Hall–Kier alpha value is -2.28. The van der Waals surface area contributed by atoms with Crippen molar-refractivity contribution >= 4 is 11.6 Å². The number of hydrogen-bond acceptors (Lipinski definition) is 4. The van der Waals surface area contributed by atoms with Crippen molar-refractivity contribution in [1.29, 1.82) is 0 Å². The van der Waals surface area contributed by atoms with Crippen molar-refractivity contribution in [3.05, 3.63) is 64.5 Å². The van der Waals surface area contributed by atoms with Gasteiger partial charge in [-0.2, -0.15) is 0 Å². The molecule has 28 heavy (non-hydrogen) atoms. The van der Waals surface area contributed by atoms with Crippen LogP contribution in [0.25, 0.3) is 0 Å². The van der Waals surface area contributed by atoms with E-state index in [0.717, 1.165) is 30.6 Å². The smallest absolute Gasteiger partial charge is 0.235 e. The number of carbonyl (C=O) groups is 1. The van der Waals surface area contributed by atoms with Crippen molar-refractivity contribution in [3.8, 4) is 0 Å². The highest BCUT2D eigenvalue weighted by molar-refractivity contribution is 6.03. The molecule has 4 rings (SSSR count). The summed E-state index contributed by atoms with van der Waals surface area (Å²) in [6.07, 6.45) is 0.498. The first kappa shape index (κ1) is 19.1. The molecule has 0 aromatic heterocycles. The van der Waals surface area contributed by atoms with Crippen molar-refractivity contribution in [3.63, 3.8) is 0 Å². The minimum atomic E-state index is -0.530. The molecule has 5 nitrogen and oxygen atoms in total. The normalized spacial score (nSPS) is 20.4. The molecule has 0 spiro atoms. The highest BCUT2D eigenvalue weighted by atomic mass is 19.1. The second-order valence-corrected chi connectivity index (χ2v) is 7.37. The third-order valence-electron chi connectivity index (χ3n) is 5.70. The average molecular weight is 384 g/mol. The number of benzene rings is 2. The number of anilines is 1. The van der Waals surface area contributed by atoms with Crippen LogP contribution in [0.3, 0.4) is 0 Å². The van der Waals surface area contributed by atoms with Crippen molar-refractivity contribution in [2.24, 2.45) is 0 Å². The molecular weight excluding hydrogens is 359 g/mol. The van der Waals surface area contributed by atoms with E-state index in [-0.39, 0.29) is 18.3 Å². The summed E-state index contributed by atoms with van der Waals surface area (Å²) in [5, 5.41) is 12.0. The molecule has 0 bridgehead atoms.